The maximum Gasteiger partial charge on any atom is 0.169 e. The molecule has 0 atom stereocenters. The van der Waals surface area contributed by atoms with Gasteiger partial charge in [0, 0.05) is 32.7 Å². The lowest BCUT2D eigenvalue weighted by Gasteiger charge is -2.37. The van der Waals surface area contributed by atoms with Crippen LogP contribution in [0, 0.1) is 10.8 Å². The Morgan fingerprint density at radius 1 is 1.05 bits per heavy atom. The molecule has 3 nitrogen and oxygen atoms in total. The van der Waals surface area contributed by atoms with Crippen LogP contribution in [0.2, 0.25) is 0 Å². The summed E-state index contributed by atoms with van der Waals surface area (Å²) >= 11 is 5.52. The molecule has 1 fully saturated rings. The average Bonchev–Trinajstić information content (AvgIpc) is 2.24. The van der Waals surface area contributed by atoms with E-state index >= 15 is 0 Å². The Balaban J connectivity index is 2.37. The third-order valence-corrected chi connectivity index (χ3v) is 3.92. The highest BCUT2D eigenvalue weighted by Gasteiger charge is 2.26. The van der Waals surface area contributed by atoms with Crippen molar-refractivity contribution in [1.82, 2.24) is 15.1 Å². The fraction of sp³-hybridized carbons (Fsp3) is 0.933. The molecule has 1 aliphatic rings. The Morgan fingerprint density at radius 2 is 1.58 bits per heavy atom. The van der Waals surface area contributed by atoms with Crippen molar-refractivity contribution in [3.8, 4) is 0 Å². The number of piperazine rings is 1. The van der Waals surface area contributed by atoms with Gasteiger partial charge in [0.1, 0.15) is 0 Å². The van der Waals surface area contributed by atoms with E-state index in [2.05, 4.69) is 56.8 Å². The highest BCUT2D eigenvalue weighted by atomic mass is 32.1. The molecular weight excluding hydrogens is 254 g/mol. The maximum atomic E-state index is 5.52. The fourth-order valence-electron chi connectivity index (χ4n) is 2.93. The second-order valence-electron chi connectivity index (χ2n) is 7.85. The van der Waals surface area contributed by atoms with Gasteiger partial charge in [-0.25, -0.2) is 0 Å². The summed E-state index contributed by atoms with van der Waals surface area (Å²) < 4.78 is 0. The molecule has 0 aromatic rings. The molecule has 1 rings (SSSR count). The molecule has 1 N–H and O–H groups in total. The van der Waals surface area contributed by atoms with E-state index < -0.39 is 0 Å². The number of thiocarbonyl (C=S) groups is 1. The van der Waals surface area contributed by atoms with E-state index in [4.69, 9.17) is 12.2 Å². The summed E-state index contributed by atoms with van der Waals surface area (Å²) in [6.45, 7) is 16.8. The summed E-state index contributed by atoms with van der Waals surface area (Å²) in [5, 5.41) is 4.39. The van der Waals surface area contributed by atoms with E-state index in [1.54, 1.807) is 0 Å². The van der Waals surface area contributed by atoms with Gasteiger partial charge in [-0.05, 0) is 36.5 Å². The first-order valence-corrected chi connectivity index (χ1v) is 7.71. The van der Waals surface area contributed by atoms with Crippen LogP contribution in [-0.4, -0.2) is 54.7 Å². The number of nitrogens with one attached hydrogen (secondary N) is 1. The highest BCUT2D eigenvalue weighted by Crippen LogP contribution is 2.32. The Kier molecular flexibility index (Phi) is 5.63. The molecule has 112 valence electrons. The third kappa shape index (κ3) is 6.57. The first kappa shape index (κ1) is 16.7. The zero-order chi connectivity index (χ0) is 14.7. The van der Waals surface area contributed by atoms with Gasteiger partial charge in [-0.3, -0.25) is 0 Å². The van der Waals surface area contributed by atoms with Crippen LogP contribution in [0.25, 0.3) is 0 Å². The van der Waals surface area contributed by atoms with Crippen molar-refractivity contribution in [2.75, 3.05) is 39.8 Å². The first-order chi connectivity index (χ1) is 8.59. The zero-order valence-electron chi connectivity index (χ0n) is 13.5. The molecule has 0 unspecified atom stereocenters. The van der Waals surface area contributed by atoms with E-state index in [9.17, 15) is 0 Å². The minimum atomic E-state index is 0.273. The van der Waals surface area contributed by atoms with Crippen LogP contribution in [0.4, 0.5) is 0 Å². The molecule has 1 aliphatic heterocycles. The summed E-state index contributed by atoms with van der Waals surface area (Å²) in [6, 6.07) is 0. The second-order valence-corrected chi connectivity index (χ2v) is 8.24. The summed E-state index contributed by atoms with van der Waals surface area (Å²) in [5.41, 5.74) is 0.634. The van der Waals surface area contributed by atoms with Crippen molar-refractivity contribution in [1.29, 1.82) is 0 Å². The molecule has 0 aliphatic carbocycles. The average molecular weight is 286 g/mol. The van der Waals surface area contributed by atoms with Crippen molar-refractivity contribution in [3.05, 3.63) is 0 Å². The van der Waals surface area contributed by atoms with Crippen LogP contribution < -0.4 is 5.32 Å². The molecular formula is C15H31N3S. The van der Waals surface area contributed by atoms with Crippen LogP contribution in [0.3, 0.4) is 0 Å². The van der Waals surface area contributed by atoms with E-state index in [-0.39, 0.29) is 5.41 Å². The highest BCUT2D eigenvalue weighted by molar-refractivity contribution is 7.80. The SMILES string of the molecule is CN1CCN(C(=S)NCC(C)(C)CC(C)(C)C)CC1. The lowest BCUT2D eigenvalue weighted by atomic mass is 9.76. The fourth-order valence-corrected chi connectivity index (χ4v) is 3.19. The molecule has 19 heavy (non-hydrogen) atoms. The van der Waals surface area contributed by atoms with Crippen LogP contribution in [0.15, 0.2) is 0 Å². The molecule has 1 saturated heterocycles. The minimum absolute atomic E-state index is 0.273. The van der Waals surface area contributed by atoms with Gasteiger partial charge in [-0.15, -0.1) is 0 Å². The molecule has 0 aromatic heterocycles. The van der Waals surface area contributed by atoms with E-state index in [1.807, 2.05) is 0 Å². The lowest BCUT2D eigenvalue weighted by molar-refractivity contribution is 0.200. The van der Waals surface area contributed by atoms with Crippen LogP contribution in [0.5, 0.6) is 0 Å². The number of rotatable bonds is 3. The van der Waals surface area contributed by atoms with Crippen molar-refractivity contribution in [2.45, 2.75) is 41.0 Å². The molecule has 0 spiro atoms. The smallest absolute Gasteiger partial charge is 0.169 e. The minimum Gasteiger partial charge on any atom is -0.362 e. The van der Waals surface area contributed by atoms with Crippen molar-refractivity contribution in [2.24, 2.45) is 10.8 Å². The summed E-state index contributed by atoms with van der Waals surface area (Å²) in [7, 11) is 2.17. The molecule has 1 heterocycles. The van der Waals surface area contributed by atoms with Gasteiger partial charge in [0.15, 0.2) is 5.11 Å². The van der Waals surface area contributed by atoms with Gasteiger partial charge in [0.05, 0.1) is 0 Å². The Bertz CT molecular complexity index is 299. The van der Waals surface area contributed by atoms with Gasteiger partial charge < -0.3 is 15.1 Å². The molecule has 0 bridgehead atoms. The Labute approximate surface area is 124 Å². The van der Waals surface area contributed by atoms with Crippen LogP contribution in [-0.2, 0) is 0 Å². The molecule has 0 amide bonds. The van der Waals surface area contributed by atoms with E-state index in [0.29, 0.717) is 5.41 Å². The molecule has 0 saturated carbocycles. The van der Waals surface area contributed by atoms with E-state index in [0.717, 1.165) is 37.8 Å². The van der Waals surface area contributed by atoms with Crippen molar-refractivity contribution in [3.63, 3.8) is 0 Å². The van der Waals surface area contributed by atoms with Crippen molar-refractivity contribution < 1.29 is 0 Å². The van der Waals surface area contributed by atoms with Crippen molar-refractivity contribution >= 4 is 17.3 Å². The summed E-state index contributed by atoms with van der Waals surface area (Å²) in [5.74, 6) is 0. The second kappa shape index (κ2) is 6.40. The number of hydrogen-bond acceptors (Lipinski definition) is 2. The maximum absolute atomic E-state index is 5.52. The largest absolute Gasteiger partial charge is 0.362 e. The van der Waals surface area contributed by atoms with Crippen LogP contribution >= 0.6 is 12.2 Å². The summed E-state index contributed by atoms with van der Waals surface area (Å²) in [4.78, 5) is 4.64. The predicted octanol–water partition coefficient (Wildman–Crippen LogP) is 2.57. The predicted molar refractivity (Wildman–Crippen MR) is 87.5 cm³/mol. The Morgan fingerprint density at radius 3 is 2.05 bits per heavy atom. The van der Waals surface area contributed by atoms with Crippen LogP contribution in [0.1, 0.15) is 41.0 Å². The van der Waals surface area contributed by atoms with E-state index in [1.165, 1.54) is 6.42 Å². The first-order valence-electron chi connectivity index (χ1n) is 7.30. The molecule has 4 heteroatoms. The summed E-state index contributed by atoms with van der Waals surface area (Å²) in [6.07, 6.45) is 1.19. The third-order valence-electron chi connectivity index (χ3n) is 3.52. The topological polar surface area (TPSA) is 18.5 Å². The Hall–Kier alpha value is -0.350. The number of nitrogens with zero attached hydrogens (tertiary/aromatic N) is 2. The van der Waals surface area contributed by atoms with Gasteiger partial charge in [-0.2, -0.15) is 0 Å². The monoisotopic (exact) mass is 285 g/mol. The van der Waals surface area contributed by atoms with Gasteiger partial charge >= 0.3 is 0 Å². The number of likely N-dealkylation sites (N-methyl/N-ethyl adjacent to an activating group) is 1. The normalized spacial score (nSPS) is 18.5. The lowest BCUT2D eigenvalue weighted by Crippen LogP contribution is -2.51. The quantitative estimate of drug-likeness (QED) is 0.803. The number of hydrogen-bond donors (Lipinski definition) is 1. The van der Waals surface area contributed by atoms with Gasteiger partial charge in [0.25, 0.3) is 0 Å². The molecule has 0 aromatic carbocycles. The van der Waals surface area contributed by atoms with Gasteiger partial charge in [0.2, 0.25) is 0 Å². The standard InChI is InChI=1S/C15H31N3S/c1-14(2,3)11-15(4,5)12-16-13(19)18-9-7-17(6)8-10-18/h7-12H2,1-6H3,(H,16,19). The van der Waals surface area contributed by atoms with Gasteiger partial charge in [-0.1, -0.05) is 34.6 Å². The zero-order valence-corrected chi connectivity index (χ0v) is 14.4. The molecule has 0 radical (unpaired) electrons.